The zero-order valence-electron chi connectivity index (χ0n) is 13.3. The van der Waals surface area contributed by atoms with E-state index in [2.05, 4.69) is 5.32 Å². The maximum atomic E-state index is 12.9. The van der Waals surface area contributed by atoms with Gasteiger partial charge < -0.3 is 5.32 Å². The van der Waals surface area contributed by atoms with Gasteiger partial charge in [0.25, 0.3) is 0 Å². The van der Waals surface area contributed by atoms with Gasteiger partial charge in [-0.15, -0.1) is 0 Å². The quantitative estimate of drug-likeness (QED) is 0.849. The maximum absolute atomic E-state index is 12.9. The molecule has 0 aliphatic carbocycles. The number of halogens is 1. The molecule has 1 heterocycles. The van der Waals surface area contributed by atoms with Crippen LogP contribution in [0.15, 0.2) is 24.3 Å². The van der Waals surface area contributed by atoms with E-state index in [0.717, 1.165) is 5.56 Å². The molecule has 1 atom stereocenters. The van der Waals surface area contributed by atoms with Gasteiger partial charge in [-0.3, -0.25) is 9.69 Å². The second kappa shape index (κ2) is 7.37. The summed E-state index contributed by atoms with van der Waals surface area (Å²) >= 11 is 0. The molecule has 1 aromatic rings. The molecule has 1 aliphatic heterocycles. The van der Waals surface area contributed by atoms with Gasteiger partial charge in [-0.05, 0) is 24.6 Å². The second-order valence-electron chi connectivity index (χ2n) is 5.78. The number of hydrogen-bond acceptors (Lipinski definition) is 4. The Labute approximate surface area is 136 Å². The van der Waals surface area contributed by atoms with Gasteiger partial charge in [0, 0.05) is 26.2 Å². The van der Waals surface area contributed by atoms with Crippen LogP contribution in [0, 0.1) is 5.82 Å². The summed E-state index contributed by atoms with van der Waals surface area (Å²) in [7, 11) is -3.16. The molecule has 2 rings (SSSR count). The minimum Gasteiger partial charge on any atom is -0.348 e. The number of rotatable bonds is 5. The number of nitrogens with zero attached hydrogens (tertiary/aromatic N) is 2. The third kappa shape index (κ3) is 5.26. The van der Waals surface area contributed by atoms with E-state index in [0.29, 0.717) is 26.2 Å². The van der Waals surface area contributed by atoms with Crippen molar-refractivity contribution < 1.29 is 17.6 Å². The lowest BCUT2D eigenvalue weighted by Gasteiger charge is -2.32. The van der Waals surface area contributed by atoms with Crippen LogP contribution in [0.25, 0.3) is 0 Å². The summed E-state index contributed by atoms with van der Waals surface area (Å²) in [5, 5.41) is 2.87. The lowest BCUT2D eigenvalue weighted by molar-refractivity contribution is -0.123. The van der Waals surface area contributed by atoms with Crippen molar-refractivity contribution >= 4 is 15.9 Å². The molecule has 0 saturated carbocycles. The molecule has 6 nitrogen and oxygen atoms in total. The highest BCUT2D eigenvalue weighted by Crippen LogP contribution is 2.13. The Morgan fingerprint density at radius 3 is 2.30 bits per heavy atom. The Hall–Kier alpha value is -1.51. The molecule has 1 aromatic carbocycles. The normalized spacial score (nSPS) is 18.6. The average Bonchev–Trinajstić information content (AvgIpc) is 2.47. The highest BCUT2D eigenvalue weighted by molar-refractivity contribution is 7.88. The molecule has 1 N–H and O–H groups in total. The summed E-state index contributed by atoms with van der Waals surface area (Å²) in [5.74, 6) is -0.439. The highest BCUT2D eigenvalue weighted by Gasteiger charge is 2.24. The van der Waals surface area contributed by atoms with Crippen LogP contribution in [0.3, 0.4) is 0 Å². The Balaban J connectivity index is 1.80. The van der Waals surface area contributed by atoms with Gasteiger partial charge in [-0.1, -0.05) is 12.1 Å². The standard InChI is InChI=1S/C15H22FN3O3S/c1-12(13-3-5-14(16)6-4-13)17-15(20)11-18-7-9-19(10-8-18)23(2,21)22/h3-6,12H,7-11H2,1-2H3,(H,17,20). The number of nitrogens with one attached hydrogen (secondary N) is 1. The Kier molecular flexibility index (Phi) is 5.72. The van der Waals surface area contributed by atoms with Crippen molar-refractivity contribution in [2.45, 2.75) is 13.0 Å². The number of piperazine rings is 1. The molecule has 1 fully saturated rings. The van der Waals surface area contributed by atoms with Crippen molar-refractivity contribution in [3.63, 3.8) is 0 Å². The van der Waals surface area contributed by atoms with Crippen molar-refractivity contribution in [2.24, 2.45) is 0 Å². The van der Waals surface area contributed by atoms with Crippen LogP contribution in [0.4, 0.5) is 4.39 Å². The molecule has 0 radical (unpaired) electrons. The van der Waals surface area contributed by atoms with Gasteiger partial charge in [0.1, 0.15) is 5.82 Å². The van der Waals surface area contributed by atoms with Gasteiger partial charge in [-0.25, -0.2) is 12.8 Å². The predicted molar refractivity (Wildman–Crippen MR) is 85.8 cm³/mol. The first-order valence-electron chi connectivity index (χ1n) is 7.48. The van der Waals surface area contributed by atoms with E-state index >= 15 is 0 Å². The highest BCUT2D eigenvalue weighted by atomic mass is 32.2. The lowest BCUT2D eigenvalue weighted by Crippen LogP contribution is -2.50. The summed E-state index contributed by atoms with van der Waals surface area (Å²) in [6, 6.07) is 5.81. The predicted octanol–water partition coefficient (Wildman–Crippen LogP) is 0.580. The van der Waals surface area contributed by atoms with Crippen LogP contribution in [-0.4, -0.2) is 62.5 Å². The number of carbonyl (C=O) groups is 1. The Bertz CT molecular complexity index is 640. The smallest absolute Gasteiger partial charge is 0.234 e. The van der Waals surface area contributed by atoms with Crippen molar-refractivity contribution in [3.8, 4) is 0 Å². The zero-order chi connectivity index (χ0) is 17.0. The van der Waals surface area contributed by atoms with E-state index in [1.165, 1.54) is 22.7 Å². The SMILES string of the molecule is CC(NC(=O)CN1CCN(S(C)(=O)=O)CC1)c1ccc(F)cc1. The minimum atomic E-state index is -3.16. The molecule has 0 spiro atoms. The molecule has 1 unspecified atom stereocenters. The number of sulfonamides is 1. The fourth-order valence-corrected chi connectivity index (χ4v) is 3.37. The first kappa shape index (κ1) is 17.8. The number of benzene rings is 1. The largest absolute Gasteiger partial charge is 0.348 e. The molecule has 1 aliphatic rings. The molecule has 1 saturated heterocycles. The van der Waals surface area contributed by atoms with E-state index < -0.39 is 10.0 Å². The summed E-state index contributed by atoms with van der Waals surface area (Å²) in [6.07, 6.45) is 1.19. The Morgan fingerprint density at radius 1 is 1.22 bits per heavy atom. The van der Waals surface area contributed by atoms with Crippen molar-refractivity contribution in [1.29, 1.82) is 0 Å². The first-order chi connectivity index (χ1) is 10.8. The average molecular weight is 343 g/mol. The fourth-order valence-electron chi connectivity index (χ4n) is 2.54. The molecular weight excluding hydrogens is 321 g/mol. The fraction of sp³-hybridized carbons (Fsp3) is 0.533. The molecule has 128 valence electrons. The molecule has 23 heavy (non-hydrogen) atoms. The number of amides is 1. The summed E-state index contributed by atoms with van der Waals surface area (Å²) in [4.78, 5) is 14.0. The lowest BCUT2D eigenvalue weighted by atomic mass is 10.1. The molecular formula is C15H22FN3O3S. The third-order valence-electron chi connectivity index (χ3n) is 3.91. The summed E-state index contributed by atoms with van der Waals surface area (Å²) in [6.45, 7) is 3.94. The Morgan fingerprint density at radius 2 is 1.78 bits per heavy atom. The zero-order valence-corrected chi connectivity index (χ0v) is 14.1. The maximum Gasteiger partial charge on any atom is 0.234 e. The van der Waals surface area contributed by atoms with Crippen molar-refractivity contribution in [3.05, 3.63) is 35.6 Å². The van der Waals surface area contributed by atoms with Gasteiger partial charge >= 0.3 is 0 Å². The van der Waals surface area contributed by atoms with E-state index in [-0.39, 0.29) is 24.3 Å². The van der Waals surface area contributed by atoms with Crippen LogP contribution in [0.5, 0.6) is 0 Å². The minimum absolute atomic E-state index is 0.130. The van der Waals surface area contributed by atoms with E-state index in [1.54, 1.807) is 12.1 Å². The van der Waals surface area contributed by atoms with Gasteiger partial charge in [0.2, 0.25) is 15.9 Å². The van der Waals surface area contributed by atoms with Crippen LogP contribution in [-0.2, 0) is 14.8 Å². The number of hydrogen-bond donors (Lipinski definition) is 1. The van der Waals surface area contributed by atoms with Gasteiger partial charge in [0.15, 0.2) is 0 Å². The van der Waals surface area contributed by atoms with Gasteiger partial charge in [-0.2, -0.15) is 4.31 Å². The first-order valence-corrected chi connectivity index (χ1v) is 9.33. The molecule has 1 amide bonds. The molecule has 0 aromatic heterocycles. The van der Waals surface area contributed by atoms with Crippen LogP contribution >= 0.6 is 0 Å². The van der Waals surface area contributed by atoms with Crippen LogP contribution < -0.4 is 5.32 Å². The van der Waals surface area contributed by atoms with E-state index in [1.807, 2.05) is 11.8 Å². The third-order valence-corrected chi connectivity index (χ3v) is 5.22. The topological polar surface area (TPSA) is 69.7 Å². The summed E-state index contributed by atoms with van der Waals surface area (Å²) < 4.78 is 37.2. The van der Waals surface area contributed by atoms with Crippen molar-refractivity contribution in [2.75, 3.05) is 39.0 Å². The summed E-state index contributed by atoms with van der Waals surface area (Å²) in [5.41, 5.74) is 0.835. The number of carbonyl (C=O) groups excluding carboxylic acids is 1. The molecule has 0 bridgehead atoms. The van der Waals surface area contributed by atoms with Gasteiger partial charge in [0.05, 0.1) is 18.8 Å². The monoisotopic (exact) mass is 343 g/mol. The van der Waals surface area contributed by atoms with E-state index in [4.69, 9.17) is 0 Å². The van der Waals surface area contributed by atoms with E-state index in [9.17, 15) is 17.6 Å². The van der Waals surface area contributed by atoms with Crippen LogP contribution in [0.2, 0.25) is 0 Å². The van der Waals surface area contributed by atoms with Crippen molar-refractivity contribution in [1.82, 2.24) is 14.5 Å². The van der Waals surface area contributed by atoms with Crippen LogP contribution in [0.1, 0.15) is 18.5 Å². The molecule has 8 heteroatoms. The second-order valence-corrected chi connectivity index (χ2v) is 7.76.